The van der Waals surface area contributed by atoms with Gasteiger partial charge in [0, 0.05) is 18.8 Å². The zero-order valence-corrected chi connectivity index (χ0v) is 11.3. The summed E-state index contributed by atoms with van der Waals surface area (Å²) in [5, 5.41) is 9.32. The summed E-state index contributed by atoms with van der Waals surface area (Å²) < 4.78 is 0. The summed E-state index contributed by atoms with van der Waals surface area (Å²) in [7, 11) is 0. The zero-order chi connectivity index (χ0) is 13.3. The molecule has 0 amide bonds. The van der Waals surface area contributed by atoms with Gasteiger partial charge in [-0.2, -0.15) is 0 Å². The molecule has 18 heavy (non-hydrogen) atoms. The number of carboxylic acid groups (broad SMARTS) is 1. The standard InChI is InChI=1S/C13H17ClN2O2/c1-8(2)10-4-3-7-16(10)12-11(14)9(13(17)18)5-6-15-12/h5-6,8,10H,3-4,7H2,1-2H3,(H,17,18). The van der Waals surface area contributed by atoms with Crippen molar-refractivity contribution in [2.24, 2.45) is 5.92 Å². The van der Waals surface area contributed by atoms with Crippen LogP contribution in [0.15, 0.2) is 12.3 Å². The fourth-order valence-electron chi connectivity index (χ4n) is 2.55. The number of rotatable bonds is 3. The molecule has 1 aliphatic heterocycles. The maximum atomic E-state index is 11.1. The summed E-state index contributed by atoms with van der Waals surface area (Å²) in [4.78, 5) is 17.5. The molecule has 1 atom stereocenters. The lowest BCUT2D eigenvalue weighted by Gasteiger charge is -2.29. The number of pyridine rings is 1. The van der Waals surface area contributed by atoms with E-state index in [1.807, 2.05) is 0 Å². The first-order valence-corrected chi connectivity index (χ1v) is 6.54. The lowest BCUT2D eigenvalue weighted by atomic mass is 10.0. The SMILES string of the molecule is CC(C)C1CCCN1c1nccc(C(=O)O)c1Cl. The van der Waals surface area contributed by atoms with Crippen molar-refractivity contribution in [1.29, 1.82) is 0 Å². The summed E-state index contributed by atoms with van der Waals surface area (Å²) in [6, 6.07) is 1.83. The average Bonchev–Trinajstić information content (AvgIpc) is 2.77. The monoisotopic (exact) mass is 268 g/mol. The largest absolute Gasteiger partial charge is 0.478 e. The number of hydrogen-bond acceptors (Lipinski definition) is 3. The molecule has 1 saturated heterocycles. The quantitative estimate of drug-likeness (QED) is 0.915. The second-order valence-electron chi connectivity index (χ2n) is 4.95. The molecule has 0 aliphatic carbocycles. The van der Waals surface area contributed by atoms with Crippen LogP contribution >= 0.6 is 11.6 Å². The van der Waals surface area contributed by atoms with E-state index in [2.05, 4.69) is 23.7 Å². The Morgan fingerprint density at radius 2 is 2.33 bits per heavy atom. The Balaban J connectivity index is 2.39. The summed E-state index contributed by atoms with van der Waals surface area (Å²) in [5.74, 6) is 0.0931. The number of nitrogens with zero attached hydrogens (tertiary/aromatic N) is 2. The number of aromatic nitrogens is 1. The van der Waals surface area contributed by atoms with Gasteiger partial charge in [-0.15, -0.1) is 0 Å². The molecule has 4 nitrogen and oxygen atoms in total. The van der Waals surface area contributed by atoms with Crippen molar-refractivity contribution in [2.45, 2.75) is 32.7 Å². The van der Waals surface area contributed by atoms with Gasteiger partial charge in [0.25, 0.3) is 0 Å². The summed E-state index contributed by atoms with van der Waals surface area (Å²) in [5.41, 5.74) is 0.121. The van der Waals surface area contributed by atoms with Crippen molar-refractivity contribution in [3.8, 4) is 0 Å². The fourth-order valence-corrected chi connectivity index (χ4v) is 2.85. The van der Waals surface area contributed by atoms with E-state index >= 15 is 0 Å². The Bertz CT molecular complexity index is 462. The van der Waals surface area contributed by atoms with Crippen LogP contribution in [-0.2, 0) is 0 Å². The highest BCUT2D eigenvalue weighted by molar-refractivity contribution is 6.35. The van der Waals surface area contributed by atoms with Crippen LogP contribution in [0.1, 0.15) is 37.0 Å². The van der Waals surface area contributed by atoms with E-state index in [0.29, 0.717) is 17.8 Å². The van der Waals surface area contributed by atoms with Crippen LogP contribution in [0.4, 0.5) is 5.82 Å². The first kappa shape index (κ1) is 13.1. The van der Waals surface area contributed by atoms with Crippen molar-refractivity contribution in [3.05, 3.63) is 22.8 Å². The van der Waals surface area contributed by atoms with Crippen LogP contribution in [0.2, 0.25) is 5.02 Å². The van der Waals surface area contributed by atoms with Gasteiger partial charge in [-0.05, 0) is 24.8 Å². The minimum Gasteiger partial charge on any atom is -0.478 e. The second kappa shape index (κ2) is 5.14. The van der Waals surface area contributed by atoms with E-state index < -0.39 is 5.97 Å². The second-order valence-corrected chi connectivity index (χ2v) is 5.33. The predicted molar refractivity (Wildman–Crippen MR) is 71.4 cm³/mol. The van der Waals surface area contributed by atoms with Crippen molar-refractivity contribution in [1.82, 2.24) is 4.98 Å². The molecule has 1 unspecified atom stereocenters. The summed E-state index contributed by atoms with van der Waals surface area (Å²) in [6.45, 7) is 5.22. The molecule has 0 spiro atoms. The van der Waals surface area contributed by atoms with Crippen molar-refractivity contribution >= 4 is 23.4 Å². The smallest absolute Gasteiger partial charge is 0.337 e. The van der Waals surface area contributed by atoms with E-state index in [0.717, 1.165) is 19.4 Å². The van der Waals surface area contributed by atoms with E-state index in [9.17, 15) is 4.79 Å². The van der Waals surface area contributed by atoms with Crippen LogP contribution in [0.25, 0.3) is 0 Å². The van der Waals surface area contributed by atoms with Gasteiger partial charge >= 0.3 is 5.97 Å². The number of hydrogen-bond donors (Lipinski definition) is 1. The zero-order valence-electron chi connectivity index (χ0n) is 10.6. The fraction of sp³-hybridized carbons (Fsp3) is 0.538. The predicted octanol–water partition coefficient (Wildman–Crippen LogP) is 3.06. The molecule has 0 saturated carbocycles. The van der Waals surface area contributed by atoms with Gasteiger partial charge in [-0.25, -0.2) is 9.78 Å². The Labute approximate surface area is 112 Å². The lowest BCUT2D eigenvalue weighted by molar-refractivity contribution is 0.0697. The molecule has 1 aromatic heterocycles. The number of anilines is 1. The Hall–Kier alpha value is -1.29. The van der Waals surface area contributed by atoms with Crippen molar-refractivity contribution in [3.63, 3.8) is 0 Å². The van der Waals surface area contributed by atoms with E-state index in [1.165, 1.54) is 12.3 Å². The highest BCUT2D eigenvalue weighted by atomic mass is 35.5. The average molecular weight is 269 g/mol. The Morgan fingerprint density at radius 1 is 1.61 bits per heavy atom. The molecule has 1 aliphatic rings. The van der Waals surface area contributed by atoms with E-state index in [4.69, 9.17) is 16.7 Å². The summed E-state index contributed by atoms with van der Waals surface area (Å²) >= 11 is 6.17. The van der Waals surface area contributed by atoms with Gasteiger partial charge < -0.3 is 10.0 Å². The third kappa shape index (κ3) is 2.29. The molecule has 0 radical (unpaired) electrons. The van der Waals surface area contributed by atoms with E-state index in [-0.39, 0.29) is 10.6 Å². The Morgan fingerprint density at radius 3 is 2.94 bits per heavy atom. The first-order valence-electron chi connectivity index (χ1n) is 6.16. The summed E-state index contributed by atoms with van der Waals surface area (Å²) in [6.07, 6.45) is 3.71. The normalized spacial score (nSPS) is 19.6. The maximum absolute atomic E-state index is 11.1. The molecule has 0 aromatic carbocycles. The minimum absolute atomic E-state index is 0.121. The molecular weight excluding hydrogens is 252 g/mol. The number of halogens is 1. The van der Waals surface area contributed by atoms with Crippen LogP contribution in [-0.4, -0.2) is 28.6 Å². The first-order chi connectivity index (χ1) is 8.52. The highest BCUT2D eigenvalue weighted by Crippen LogP contribution is 2.34. The third-order valence-corrected chi connectivity index (χ3v) is 3.81. The Kier molecular flexibility index (Phi) is 3.76. The van der Waals surface area contributed by atoms with Gasteiger partial charge in [0.05, 0.1) is 10.6 Å². The highest BCUT2D eigenvalue weighted by Gasteiger charge is 2.30. The topological polar surface area (TPSA) is 53.4 Å². The maximum Gasteiger partial charge on any atom is 0.337 e. The molecule has 5 heteroatoms. The number of aromatic carboxylic acids is 1. The molecule has 1 aromatic rings. The van der Waals surface area contributed by atoms with Crippen LogP contribution in [0.5, 0.6) is 0 Å². The van der Waals surface area contributed by atoms with Crippen LogP contribution < -0.4 is 4.90 Å². The van der Waals surface area contributed by atoms with Gasteiger partial charge in [0.2, 0.25) is 0 Å². The molecule has 2 heterocycles. The van der Waals surface area contributed by atoms with Gasteiger partial charge in [0.1, 0.15) is 5.82 Å². The van der Waals surface area contributed by atoms with Crippen LogP contribution in [0.3, 0.4) is 0 Å². The van der Waals surface area contributed by atoms with E-state index in [1.54, 1.807) is 0 Å². The van der Waals surface area contributed by atoms with Crippen molar-refractivity contribution in [2.75, 3.05) is 11.4 Å². The van der Waals surface area contributed by atoms with Gasteiger partial charge in [0.15, 0.2) is 0 Å². The van der Waals surface area contributed by atoms with Gasteiger partial charge in [-0.1, -0.05) is 25.4 Å². The van der Waals surface area contributed by atoms with Crippen LogP contribution in [0, 0.1) is 5.92 Å². The number of carbonyl (C=O) groups is 1. The lowest BCUT2D eigenvalue weighted by Crippen LogP contribution is -2.34. The third-order valence-electron chi connectivity index (χ3n) is 3.44. The van der Waals surface area contributed by atoms with Crippen molar-refractivity contribution < 1.29 is 9.90 Å². The van der Waals surface area contributed by atoms with Gasteiger partial charge in [-0.3, -0.25) is 0 Å². The minimum atomic E-state index is -1.01. The molecule has 1 fully saturated rings. The number of carboxylic acids is 1. The molecule has 2 rings (SSSR count). The molecular formula is C13H17ClN2O2. The molecule has 0 bridgehead atoms. The molecule has 1 N–H and O–H groups in total. The molecule has 98 valence electrons.